The van der Waals surface area contributed by atoms with Gasteiger partial charge in [-0.3, -0.25) is 4.98 Å². The van der Waals surface area contributed by atoms with E-state index < -0.39 is 0 Å². The van der Waals surface area contributed by atoms with E-state index >= 15 is 0 Å². The number of aromatic nitrogens is 3. The second-order valence-electron chi connectivity index (χ2n) is 5.23. The van der Waals surface area contributed by atoms with Crippen molar-refractivity contribution in [2.45, 2.75) is 33.6 Å². The number of nitrogens with one attached hydrogen (secondary N) is 1. The van der Waals surface area contributed by atoms with E-state index in [4.69, 9.17) is 9.97 Å². The number of hydrogen-bond acceptors (Lipinski definition) is 5. The van der Waals surface area contributed by atoms with E-state index in [0.29, 0.717) is 0 Å². The lowest BCUT2D eigenvalue weighted by atomic mass is 10.1. The Morgan fingerprint density at radius 1 is 1.14 bits per heavy atom. The van der Waals surface area contributed by atoms with Gasteiger partial charge in [-0.1, -0.05) is 13.8 Å². The molecular formula is C17H20N4S. The van der Waals surface area contributed by atoms with E-state index in [1.165, 1.54) is 15.8 Å². The molecule has 0 spiro atoms. The minimum Gasteiger partial charge on any atom is -0.369 e. The van der Waals surface area contributed by atoms with Crippen LogP contribution in [0.5, 0.6) is 0 Å². The largest absolute Gasteiger partial charge is 0.369 e. The maximum absolute atomic E-state index is 4.79. The Hall–Kier alpha value is -2.01. The summed E-state index contributed by atoms with van der Waals surface area (Å²) in [6, 6.07) is 3.90. The predicted molar refractivity (Wildman–Crippen MR) is 93.5 cm³/mol. The molecule has 0 saturated carbocycles. The van der Waals surface area contributed by atoms with Crippen LogP contribution in [0.15, 0.2) is 24.5 Å². The molecule has 0 aliphatic heterocycles. The Morgan fingerprint density at radius 2 is 1.91 bits per heavy atom. The van der Waals surface area contributed by atoms with Crippen LogP contribution in [0.2, 0.25) is 0 Å². The number of aryl methyl sites for hydroxylation is 2. The van der Waals surface area contributed by atoms with Crippen molar-refractivity contribution in [3.05, 3.63) is 35.0 Å². The van der Waals surface area contributed by atoms with Crippen molar-refractivity contribution in [1.29, 1.82) is 0 Å². The summed E-state index contributed by atoms with van der Waals surface area (Å²) < 4.78 is 0. The number of rotatable bonds is 5. The molecule has 0 aliphatic rings. The Labute approximate surface area is 134 Å². The van der Waals surface area contributed by atoms with E-state index in [0.717, 1.165) is 41.4 Å². The zero-order valence-electron chi connectivity index (χ0n) is 13.2. The molecule has 3 rings (SSSR count). The normalized spacial score (nSPS) is 11.0. The number of fused-ring (bicyclic) bond motifs is 1. The summed E-state index contributed by atoms with van der Waals surface area (Å²) in [4.78, 5) is 16.0. The summed E-state index contributed by atoms with van der Waals surface area (Å²) in [6.07, 6.45) is 5.63. The highest BCUT2D eigenvalue weighted by Gasteiger charge is 2.16. The second kappa shape index (κ2) is 6.40. The molecule has 0 amide bonds. The minimum atomic E-state index is 0.761. The molecule has 0 unspecified atom stereocenters. The Morgan fingerprint density at radius 3 is 2.59 bits per heavy atom. The number of thiophene rings is 1. The Kier molecular flexibility index (Phi) is 4.34. The van der Waals surface area contributed by atoms with Gasteiger partial charge in [0.15, 0.2) is 5.82 Å². The van der Waals surface area contributed by atoms with Gasteiger partial charge in [-0.25, -0.2) is 9.97 Å². The van der Waals surface area contributed by atoms with Crippen molar-refractivity contribution in [3.63, 3.8) is 0 Å². The zero-order valence-corrected chi connectivity index (χ0v) is 14.0. The summed E-state index contributed by atoms with van der Waals surface area (Å²) in [5.74, 6) is 1.72. The molecule has 0 fully saturated rings. The highest BCUT2D eigenvalue weighted by Crippen LogP contribution is 2.35. The Balaban J connectivity index is 2.21. The van der Waals surface area contributed by atoms with Crippen LogP contribution in [0.25, 0.3) is 21.6 Å². The summed E-state index contributed by atoms with van der Waals surface area (Å²) in [7, 11) is 0. The average molecular weight is 312 g/mol. The molecule has 114 valence electrons. The van der Waals surface area contributed by atoms with E-state index in [9.17, 15) is 0 Å². The van der Waals surface area contributed by atoms with Gasteiger partial charge in [0, 0.05) is 29.4 Å². The van der Waals surface area contributed by atoms with Crippen LogP contribution < -0.4 is 5.32 Å². The SMILES string of the molecule is CCCNc1nc(-c2ccncc2)nc2sc(C)c(CC)c12. The molecule has 0 atom stereocenters. The standard InChI is InChI=1S/C17H20N4S/c1-4-8-19-16-14-13(5-2)11(3)22-17(14)21-15(20-16)12-6-9-18-10-7-12/h6-7,9-10H,4-5,8H2,1-3H3,(H,19,20,21). The lowest BCUT2D eigenvalue weighted by Gasteiger charge is -2.09. The molecule has 0 bridgehead atoms. The maximum Gasteiger partial charge on any atom is 0.163 e. The lowest BCUT2D eigenvalue weighted by molar-refractivity contribution is 0.969. The first-order chi connectivity index (χ1) is 10.7. The minimum absolute atomic E-state index is 0.761. The van der Waals surface area contributed by atoms with Crippen molar-refractivity contribution >= 4 is 27.4 Å². The van der Waals surface area contributed by atoms with E-state index in [1.54, 1.807) is 23.7 Å². The van der Waals surface area contributed by atoms with Crippen LogP contribution in [0.4, 0.5) is 5.82 Å². The molecule has 0 saturated heterocycles. The number of pyridine rings is 1. The number of anilines is 1. The van der Waals surface area contributed by atoms with Gasteiger partial charge in [0.05, 0.1) is 5.39 Å². The van der Waals surface area contributed by atoms with Crippen LogP contribution in [-0.4, -0.2) is 21.5 Å². The lowest BCUT2D eigenvalue weighted by Crippen LogP contribution is -2.05. The van der Waals surface area contributed by atoms with Crippen LogP contribution in [0.1, 0.15) is 30.7 Å². The molecule has 0 aromatic carbocycles. The summed E-state index contributed by atoms with van der Waals surface area (Å²) >= 11 is 1.75. The molecule has 1 N–H and O–H groups in total. The fourth-order valence-corrected chi connectivity index (χ4v) is 3.71. The van der Waals surface area contributed by atoms with Crippen LogP contribution in [0.3, 0.4) is 0 Å². The number of hydrogen-bond donors (Lipinski definition) is 1. The van der Waals surface area contributed by atoms with Gasteiger partial charge in [-0.2, -0.15) is 0 Å². The van der Waals surface area contributed by atoms with Gasteiger partial charge in [0.1, 0.15) is 10.6 Å². The van der Waals surface area contributed by atoms with Gasteiger partial charge in [-0.15, -0.1) is 11.3 Å². The molecular weight excluding hydrogens is 292 g/mol. The van der Waals surface area contributed by atoms with Gasteiger partial charge in [0.2, 0.25) is 0 Å². The summed E-state index contributed by atoms with van der Waals surface area (Å²) in [5.41, 5.74) is 2.36. The molecule has 3 aromatic rings. The van der Waals surface area contributed by atoms with Crippen molar-refractivity contribution in [3.8, 4) is 11.4 Å². The summed E-state index contributed by atoms with van der Waals surface area (Å²) in [5, 5.41) is 4.67. The molecule has 3 heterocycles. The fourth-order valence-electron chi connectivity index (χ4n) is 2.60. The van der Waals surface area contributed by atoms with Crippen LogP contribution in [-0.2, 0) is 6.42 Å². The van der Waals surface area contributed by atoms with E-state index in [1.807, 2.05) is 12.1 Å². The molecule has 0 aliphatic carbocycles. The fraction of sp³-hybridized carbons (Fsp3) is 0.353. The highest BCUT2D eigenvalue weighted by molar-refractivity contribution is 7.18. The molecule has 5 heteroatoms. The van der Waals surface area contributed by atoms with Crippen molar-refractivity contribution in [2.24, 2.45) is 0 Å². The first-order valence-corrected chi connectivity index (χ1v) is 8.50. The first kappa shape index (κ1) is 14.9. The van der Waals surface area contributed by atoms with Gasteiger partial charge < -0.3 is 5.32 Å². The average Bonchev–Trinajstić information content (AvgIpc) is 2.88. The van der Waals surface area contributed by atoms with Crippen LogP contribution in [0, 0.1) is 6.92 Å². The molecule has 0 radical (unpaired) electrons. The smallest absolute Gasteiger partial charge is 0.163 e. The topological polar surface area (TPSA) is 50.7 Å². The molecule has 3 aromatic heterocycles. The second-order valence-corrected chi connectivity index (χ2v) is 6.43. The van der Waals surface area contributed by atoms with Crippen LogP contribution >= 0.6 is 11.3 Å². The first-order valence-electron chi connectivity index (χ1n) is 7.68. The van der Waals surface area contributed by atoms with Gasteiger partial charge in [0.25, 0.3) is 0 Å². The third-order valence-electron chi connectivity index (χ3n) is 3.69. The maximum atomic E-state index is 4.79. The third-order valence-corrected chi connectivity index (χ3v) is 4.73. The van der Waals surface area contributed by atoms with Gasteiger partial charge in [-0.05, 0) is 37.5 Å². The van der Waals surface area contributed by atoms with Crippen molar-refractivity contribution in [2.75, 3.05) is 11.9 Å². The van der Waals surface area contributed by atoms with Crippen molar-refractivity contribution in [1.82, 2.24) is 15.0 Å². The molecule has 22 heavy (non-hydrogen) atoms. The Bertz CT molecular complexity index is 780. The number of nitrogens with zero attached hydrogens (tertiary/aromatic N) is 3. The summed E-state index contributed by atoms with van der Waals surface area (Å²) in [6.45, 7) is 7.43. The predicted octanol–water partition coefficient (Wildman–Crippen LogP) is 4.45. The van der Waals surface area contributed by atoms with Crippen molar-refractivity contribution < 1.29 is 0 Å². The monoisotopic (exact) mass is 312 g/mol. The highest BCUT2D eigenvalue weighted by atomic mass is 32.1. The molecule has 4 nitrogen and oxygen atoms in total. The van der Waals surface area contributed by atoms with E-state index in [-0.39, 0.29) is 0 Å². The quantitative estimate of drug-likeness (QED) is 0.756. The zero-order chi connectivity index (χ0) is 15.5. The van der Waals surface area contributed by atoms with Gasteiger partial charge >= 0.3 is 0 Å². The van der Waals surface area contributed by atoms with E-state index in [2.05, 4.69) is 31.1 Å². The third kappa shape index (κ3) is 2.68.